The molecule has 0 saturated carbocycles. The van der Waals surface area contributed by atoms with Crippen molar-refractivity contribution in [2.75, 3.05) is 23.7 Å². The lowest BCUT2D eigenvalue weighted by molar-refractivity contribution is 0.207. The number of aromatic nitrogens is 1. The topological polar surface area (TPSA) is 100 Å². The van der Waals surface area contributed by atoms with Gasteiger partial charge in [0.2, 0.25) is 0 Å². The zero-order valence-corrected chi connectivity index (χ0v) is 23.7. The number of hydrazine groups is 2. The molecule has 2 aliphatic rings. The zero-order valence-electron chi connectivity index (χ0n) is 21.5. The van der Waals surface area contributed by atoms with E-state index < -0.39 is 5.82 Å². The van der Waals surface area contributed by atoms with Crippen molar-refractivity contribution in [3.63, 3.8) is 0 Å². The van der Waals surface area contributed by atoms with Gasteiger partial charge in [0, 0.05) is 40.7 Å². The van der Waals surface area contributed by atoms with Crippen LogP contribution in [-0.4, -0.2) is 29.1 Å². The van der Waals surface area contributed by atoms with Gasteiger partial charge in [-0.1, -0.05) is 46.9 Å². The summed E-state index contributed by atoms with van der Waals surface area (Å²) in [6.45, 7) is 1.86. The maximum Gasteiger partial charge on any atom is 0.141 e. The van der Waals surface area contributed by atoms with Crippen LogP contribution in [0.25, 0.3) is 10.9 Å². The van der Waals surface area contributed by atoms with E-state index in [1.165, 1.54) is 18.3 Å². The van der Waals surface area contributed by atoms with Crippen LogP contribution in [0.3, 0.4) is 0 Å². The van der Waals surface area contributed by atoms with Crippen molar-refractivity contribution < 1.29 is 4.39 Å². The molecule has 1 unspecified atom stereocenters. The van der Waals surface area contributed by atoms with Crippen molar-refractivity contribution in [2.45, 2.75) is 18.5 Å². The molecule has 5 N–H and O–H groups in total. The molecule has 6 rings (SSSR count). The normalized spacial score (nSPS) is 17.2. The number of halogens is 4. The van der Waals surface area contributed by atoms with E-state index in [-0.39, 0.29) is 11.1 Å². The van der Waals surface area contributed by atoms with Crippen LogP contribution < -0.4 is 26.9 Å². The molecule has 0 radical (unpaired) electrons. The van der Waals surface area contributed by atoms with E-state index in [1.807, 2.05) is 30.3 Å². The summed E-state index contributed by atoms with van der Waals surface area (Å²) in [5.41, 5.74) is 10.9. The Kier molecular flexibility index (Phi) is 7.75. The lowest BCUT2D eigenvalue weighted by atomic mass is 10.0. The summed E-state index contributed by atoms with van der Waals surface area (Å²) in [6, 6.07) is 17.8. The molecule has 41 heavy (non-hydrogen) atoms. The third-order valence-electron chi connectivity index (χ3n) is 7.09. The number of anilines is 3. The van der Waals surface area contributed by atoms with E-state index in [9.17, 15) is 9.65 Å². The smallest absolute Gasteiger partial charge is 0.141 e. The van der Waals surface area contributed by atoms with Crippen LogP contribution >= 0.6 is 34.8 Å². The van der Waals surface area contributed by atoms with Crippen molar-refractivity contribution in [1.29, 1.82) is 5.26 Å². The number of fused-ring (bicyclic) bond motifs is 1. The monoisotopic (exact) mass is 608 g/mol. The standard InChI is InChI=1S/C29H24Cl3FN8/c30-18-3-1-16(2-4-18)28(26-15-41(40-39-26)21-7-8-35-14-21)38-20-9-22-27(37-19-5-6-25(33)23(31)10-19)17(12-34)13-36-29(22)24(32)11-20/h1-6,9-11,13,15,21,28,35,38-40H,7-8,14H2,(H,36,37)/t21-,28?/m1/s1. The third kappa shape index (κ3) is 5.71. The van der Waals surface area contributed by atoms with Crippen LogP contribution in [0.2, 0.25) is 15.1 Å². The van der Waals surface area contributed by atoms with Gasteiger partial charge in [0.1, 0.15) is 11.9 Å². The Morgan fingerprint density at radius 2 is 1.85 bits per heavy atom. The fourth-order valence-corrected chi connectivity index (χ4v) is 5.58. The third-order valence-corrected chi connectivity index (χ3v) is 7.92. The quantitative estimate of drug-likeness (QED) is 0.159. The van der Waals surface area contributed by atoms with Gasteiger partial charge in [-0.15, -0.1) is 5.53 Å². The number of nitrogens with one attached hydrogen (secondary N) is 5. The molecule has 0 bridgehead atoms. The van der Waals surface area contributed by atoms with E-state index in [1.54, 1.807) is 12.1 Å². The van der Waals surface area contributed by atoms with E-state index in [0.717, 1.165) is 30.8 Å². The van der Waals surface area contributed by atoms with E-state index in [2.05, 4.69) is 49.2 Å². The molecule has 8 nitrogen and oxygen atoms in total. The van der Waals surface area contributed by atoms with Gasteiger partial charge < -0.3 is 21.4 Å². The van der Waals surface area contributed by atoms with E-state index in [0.29, 0.717) is 49.6 Å². The number of hydrogen-bond acceptors (Lipinski definition) is 8. The molecule has 4 aromatic rings. The Morgan fingerprint density at radius 1 is 1.05 bits per heavy atom. The van der Waals surface area contributed by atoms with E-state index in [4.69, 9.17) is 34.8 Å². The van der Waals surface area contributed by atoms with Crippen LogP contribution in [0.1, 0.15) is 23.6 Å². The lowest BCUT2D eigenvalue weighted by Crippen LogP contribution is -2.44. The molecular formula is C29H24Cl3FN8. The molecule has 0 aliphatic carbocycles. The maximum absolute atomic E-state index is 13.8. The second-order valence-electron chi connectivity index (χ2n) is 9.77. The average molecular weight is 610 g/mol. The van der Waals surface area contributed by atoms with Crippen molar-refractivity contribution in [2.24, 2.45) is 0 Å². The highest BCUT2D eigenvalue weighted by atomic mass is 35.5. The van der Waals surface area contributed by atoms with Crippen LogP contribution in [0, 0.1) is 17.1 Å². The van der Waals surface area contributed by atoms with Crippen molar-refractivity contribution in [1.82, 2.24) is 26.3 Å². The van der Waals surface area contributed by atoms with Gasteiger partial charge in [-0.2, -0.15) is 5.26 Å². The van der Waals surface area contributed by atoms with Crippen molar-refractivity contribution >= 4 is 62.8 Å². The van der Waals surface area contributed by atoms with Crippen molar-refractivity contribution in [3.05, 3.63) is 105 Å². The summed E-state index contributed by atoms with van der Waals surface area (Å²) in [5, 5.41) is 23.7. The Labute approximate surface area is 251 Å². The van der Waals surface area contributed by atoms with Crippen LogP contribution in [-0.2, 0) is 0 Å². The molecule has 3 aromatic carbocycles. The fourth-order valence-electron chi connectivity index (χ4n) is 5.01. The summed E-state index contributed by atoms with van der Waals surface area (Å²) in [5.74, 6) is -0.535. The highest BCUT2D eigenvalue weighted by Crippen LogP contribution is 2.37. The Balaban J connectivity index is 1.40. The van der Waals surface area contributed by atoms with Gasteiger partial charge in [-0.25, -0.2) is 4.39 Å². The first kappa shape index (κ1) is 27.4. The Bertz CT molecular complexity index is 1680. The largest absolute Gasteiger partial charge is 0.373 e. The number of nitrogens with zero attached hydrogens (tertiary/aromatic N) is 3. The minimum absolute atomic E-state index is 0.0357. The molecule has 12 heteroatoms. The summed E-state index contributed by atoms with van der Waals surface area (Å²) < 4.78 is 13.8. The summed E-state index contributed by atoms with van der Waals surface area (Å²) in [6.07, 6.45) is 4.55. The predicted octanol–water partition coefficient (Wildman–Crippen LogP) is 6.63. The van der Waals surface area contributed by atoms with Gasteiger partial charge in [0.15, 0.2) is 0 Å². The average Bonchev–Trinajstić information content (AvgIpc) is 3.67. The predicted molar refractivity (Wildman–Crippen MR) is 161 cm³/mol. The molecule has 3 heterocycles. The fraction of sp³-hybridized carbons (Fsp3) is 0.172. The highest BCUT2D eigenvalue weighted by molar-refractivity contribution is 6.36. The molecule has 1 fully saturated rings. The van der Waals surface area contributed by atoms with Crippen LogP contribution in [0.5, 0.6) is 0 Å². The first-order valence-electron chi connectivity index (χ1n) is 12.9. The first-order chi connectivity index (χ1) is 19.9. The first-order valence-corrected chi connectivity index (χ1v) is 14.0. The summed E-state index contributed by atoms with van der Waals surface area (Å²) in [4.78, 5) is 4.44. The molecule has 208 valence electrons. The molecule has 2 atom stereocenters. The number of hydrogen-bond donors (Lipinski definition) is 5. The van der Waals surface area contributed by atoms with Gasteiger partial charge >= 0.3 is 0 Å². The molecule has 0 amide bonds. The summed E-state index contributed by atoms with van der Waals surface area (Å²) in [7, 11) is 0. The van der Waals surface area contributed by atoms with Crippen molar-refractivity contribution in [3.8, 4) is 6.07 Å². The second kappa shape index (κ2) is 11.6. The zero-order chi connectivity index (χ0) is 28.5. The number of benzene rings is 3. The highest BCUT2D eigenvalue weighted by Gasteiger charge is 2.28. The molecule has 2 aliphatic heterocycles. The number of pyridine rings is 1. The molecule has 1 saturated heterocycles. The molecular weight excluding hydrogens is 586 g/mol. The summed E-state index contributed by atoms with van der Waals surface area (Å²) >= 11 is 18.9. The maximum atomic E-state index is 13.8. The van der Waals surface area contributed by atoms with Gasteiger partial charge in [0.25, 0.3) is 0 Å². The second-order valence-corrected chi connectivity index (χ2v) is 11.0. The Hall–Kier alpha value is -3.78. The number of rotatable bonds is 7. The lowest BCUT2D eigenvalue weighted by Gasteiger charge is -2.22. The number of nitriles is 1. The SMILES string of the molecule is N#Cc1cnc2c(Cl)cc(NC(C3=CN([C@@H]4CCNC4)NN3)c3ccc(Cl)cc3)cc2c1Nc1ccc(F)c(Cl)c1. The van der Waals surface area contributed by atoms with E-state index >= 15 is 0 Å². The van der Waals surface area contributed by atoms with Crippen LogP contribution in [0.4, 0.5) is 21.5 Å². The van der Waals surface area contributed by atoms with Gasteiger partial charge in [0.05, 0.1) is 44.6 Å². The van der Waals surface area contributed by atoms with Gasteiger partial charge in [-0.05, 0) is 61.0 Å². The Morgan fingerprint density at radius 3 is 2.59 bits per heavy atom. The minimum Gasteiger partial charge on any atom is -0.373 e. The van der Waals surface area contributed by atoms with Gasteiger partial charge in [-0.3, -0.25) is 9.99 Å². The van der Waals surface area contributed by atoms with Crippen LogP contribution in [0.15, 0.2) is 72.7 Å². The minimum atomic E-state index is -0.535. The molecule has 1 aromatic heterocycles. The molecule has 0 spiro atoms.